The molecule has 2 heterocycles. The van der Waals surface area contributed by atoms with Gasteiger partial charge in [-0.3, -0.25) is 14.9 Å². The summed E-state index contributed by atoms with van der Waals surface area (Å²) >= 11 is 0. The fourth-order valence-electron chi connectivity index (χ4n) is 3.43. The standard InChI is InChI=1S/C22H21N5O3/c1-25-10-12-26(13-11-25)22(28)19-15-23-21(16-6-3-2-4-7-16)24-20(19)17-8-5-9-18(14-17)27(29)30/h2-9,14-15H,10-13H2,1H3. The highest BCUT2D eigenvalue weighted by Gasteiger charge is 2.25. The number of amides is 1. The predicted molar refractivity (Wildman–Crippen MR) is 113 cm³/mol. The number of hydrogen-bond acceptors (Lipinski definition) is 6. The van der Waals surface area contributed by atoms with Gasteiger partial charge in [-0.2, -0.15) is 0 Å². The summed E-state index contributed by atoms with van der Waals surface area (Å²) in [6, 6.07) is 15.6. The number of non-ortho nitro benzene ring substituents is 1. The highest BCUT2D eigenvalue weighted by atomic mass is 16.6. The van der Waals surface area contributed by atoms with Crippen molar-refractivity contribution in [1.29, 1.82) is 0 Å². The monoisotopic (exact) mass is 403 g/mol. The first kappa shape index (κ1) is 19.7. The Labute approximate surface area is 174 Å². The van der Waals surface area contributed by atoms with E-state index in [0.29, 0.717) is 35.7 Å². The van der Waals surface area contributed by atoms with Crippen LogP contribution in [0.3, 0.4) is 0 Å². The third-order valence-corrected chi connectivity index (χ3v) is 5.17. The molecule has 0 aliphatic carbocycles. The SMILES string of the molecule is CN1CCN(C(=O)c2cnc(-c3ccccc3)nc2-c2cccc([N+](=O)[O-])c2)CC1. The van der Waals surface area contributed by atoms with Gasteiger partial charge in [0, 0.05) is 55.6 Å². The first-order valence-corrected chi connectivity index (χ1v) is 9.68. The highest BCUT2D eigenvalue weighted by molar-refractivity contribution is 6.00. The Hall–Kier alpha value is -3.65. The number of benzene rings is 2. The molecule has 8 heteroatoms. The molecule has 1 aromatic heterocycles. The van der Waals surface area contributed by atoms with Crippen LogP contribution in [0.25, 0.3) is 22.6 Å². The second-order valence-electron chi connectivity index (χ2n) is 7.22. The smallest absolute Gasteiger partial charge is 0.270 e. The van der Waals surface area contributed by atoms with E-state index in [1.165, 1.54) is 18.3 Å². The van der Waals surface area contributed by atoms with Gasteiger partial charge in [-0.25, -0.2) is 9.97 Å². The molecular weight excluding hydrogens is 382 g/mol. The maximum absolute atomic E-state index is 13.3. The maximum Gasteiger partial charge on any atom is 0.270 e. The molecule has 0 spiro atoms. The Morgan fingerprint density at radius 3 is 2.40 bits per heavy atom. The lowest BCUT2D eigenvalue weighted by molar-refractivity contribution is -0.384. The van der Waals surface area contributed by atoms with Crippen molar-refractivity contribution in [3.63, 3.8) is 0 Å². The molecule has 0 N–H and O–H groups in total. The van der Waals surface area contributed by atoms with Gasteiger partial charge in [0.05, 0.1) is 16.2 Å². The number of hydrogen-bond donors (Lipinski definition) is 0. The maximum atomic E-state index is 13.3. The van der Waals surface area contributed by atoms with Crippen molar-refractivity contribution in [2.24, 2.45) is 0 Å². The molecule has 152 valence electrons. The van der Waals surface area contributed by atoms with Gasteiger partial charge >= 0.3 is 0 Å². The fraction of sp³-hybridized carbons (Fsp3) is 0.227. The largest absolute Gasteiger partial charge is 0.336 e. The van der Waals surface area contributed by atoms with Gasteiger partial charge in [0.1, 0.15) is 0 Å². The summed E-state index contributed by atoms with van der Waals surface area (Å²) in [7, 11) is 2.02. The summed E-state index contributed by atoms with van der Waals surface area (Å²) in [4.78, 5) is 37.1. The lowest BCUT2D eigenvalue weighted by atomic mass is 10.0. The lowest BCUT2D eigenvalue weighted by Crippen LogP contribution is -2.47. The van der Waals surface area contributed by atoms with Crippen LogP contribution in [0.5, 0.6) is 0 Å². The van der Waals surface area contributed by atoms with Crippen LogP contribution in [-0.4, -0.2) is 63.8 Å². The van der Waals surface area contributed by atoms with E-state index in [2.05, 4.69) is 14.9 Å². The minimum atomic E-state index is -0.454. The van der Waals surface area contributed by atoms with Crippen LogP contribution < -0.4 is 0 Å². The number of carbonyl (C=O) groups excluding carboxylic acids is 1. The van der Waals surface area contributed by atoms with Crippen LogP contribution in [-0.2, 0) is 0 Å². The normalized spacial score (nSPS) is 14.5. The highest BCUT2D eigenvalue weighted by Crippen LogP contribution is 2.28. The lowest BCUT2D eigenvalue weighted by Gasteiger charge is -2.32. The average Bonchev–Trinajstić information content (AvgIpc) is 2.79. The first-order valence-electron chi connectivity index (χ1n) is 9.68. The first-order chi connectivity index (χ1) is 14.5. The number of carbonyl (C=O) groups is 1. The fourth-order valence-corrected chi connectivity index (χ4v) is 3.43. The topological polar surface area (TPSA) is 92.5 Å². The summed E-state index contributed by atoms with van der Waals surface area (Å²) in [5.41, 5.74) is 2.02. The summed E-state index contributed by atoms with van der Waals surface area (Å²) < 4.78 is 0. The van der Waals surface area contributed by atoms with Crippen molar-refractivity contribution in [3.8, 4) is 22.6 Å². The van der Waals surface area contributed by atoms with E-state index in [0.717, 1.165) is 18.7 Å². The summed E-state index contributed by atoms with van der Waals surface area (Å²) in [6.45, 7) is 2.82. The second-order valence-corrected chi connectivity index (χ2v) is 7.22. The van der Waals surface area contributed by atoms with E-state index < -0.39 is 4.92 Å². The van der Waals surface area contributed by atoms with E-state index in [4.69, 9.17) is 0 Å². The molecular formula is C22H21N5O3. The van der Waals surface area contributed by atoms with E-state index in [9.17, 15) is 14.9 Å². The zero-order valence-corrected chi connectivity index (χ0v) is 16.6. The quantitative estimate of drug-likeness (QED) is 0.491. The molecule has 2 aromatic carbocycles. The third kappa shape index (κ3) is 4.04. The second kappa shape index (κ2) is 8.38. The van der Waals surface area contributed by atoms with Crippen molar-refractivity contribution in [3.05, 3.63) is 76.5 Å². The zero-order valence-electron chi connectivity index (χ0n) is 16.6. The number of likely N-dealkylation sites (N-methyl/N-ethyl adjacent to an activating group) is 1. The van der Waals surface area contributed by atoms with Crippen LogP contribution >= 0.6 is 0 Å². The minimum absolute atomic E-state index is 0.0506. The Morgan fingerprint density at radius 1 is 1.00 bits per heavy atom. The molecule has 8 nitrogen and oxygen atoms in total. The van der Waals surface area contributed by atoms with Crippen molar-refractivity contribution in [2.45, 2.75) is 0 Å². The molecule has 0 atom stereocenters. The number of nitro benzene ring substituents is 1. The van der Waals surface area contributed by atoms with E-state index in [1.54, 1.807) is 17.0 Å². The van der Waals surface area contributed by atoms with Crippen LogP contribution in [0.1, 0.15) is 10.4 Å². The molecule has 0 unspecified atom stereocenters. The zero-order chi connectivity index (χ0) is 21.1. The van der Waals surface area contributed by atoms with Crippen molar-refractivity contribution in [1.82, 2.24) is 19.8 Å². The summed E-state index contributed by atoms with van der Waals surface area (Å²) in [5.74, 6) is 0.302. The van der Waals surface area contributed by atoms with Gasteiger partial charge in [0.25, 0.3) is 11.6 Å². The molecule has 1 saturated heterocycles. The van der Waals surface area contributed by atoms with Crippen LogP contribution in [0.4, 0.5) is 5.69 Å². The number of nitro groups is 1. The van der Waals surface area contributed by atoms with Crippen LogP contribution in [0, 0.1) is 10.1 Å². The predicted octanol–water partition coefficient (Wildman–Crippen LogP) is 3.11. The molecule has 1 amide bonds. The molecule has 3 aromatic rings. The van der Waals surface area contributed by atoms with Gasteiger partial charge in [0.15, 0.2) is 5.82 Å². The van der Waals surface area contributed by atoms with E-state index in [1.807, 2.05) is 37.4 Å². The summed E-state index contributed by atoms with van der Waals surface area (Å²) in [5, 5.41) is 11.3. The van der Waals surface area contributed by atoms with Crippen molar-refractivity contribution >= 4 is 11.6 Å². The molecule has 0 bridgehead atoms. The Kier molecular flexibility index (Phi) is 5.49. The van der Waals surface area contributed by atoms with Crippen LogP contribution in [0.2, 0.25) is 0 Å². The molecule has 0 saturated carbocycles. The Balaban J connectivity index is 1.80. The van der Waals surface area contributed by atoms with Gasteiger partial charge < -0.3 is 9.80 Å². The average molecular weight is 403 g/mol. The molecule has 4 rings (SSSR count). The van der Waals surface area contributed by atoms with Gasteiger partial charge in [-0.1, -0.05) is 42.5 Å². The Bertz CT molecular complexity index is 1080. The molecule has 1 aliphatic heterocycles. The van der Waals surface area contributed by atoms with Gasteiger partial charge in [-0.15, -0.1) is 0 Å². The van der Waals surface area contributed by atoms with Crippen molar-refractivity contribution < 1.29 is 9.72 Å². The van der Waals surface area contributed by atoms with Crippen LogP contribution in [0.15, 0.2) is 60.8 Å². The van der Waals surface area contributed by atoms with E-state index >= 15 is 0 Å². The number of nitrogens with zero attached hydrogens (tertiary/aromatic N) is 5. The molecule has 1 aliphatic rings. The molecule has 30 heavy (non-hydrogen) atoms. The number of piperazine rings is 1. The van der Waals surface area contributed by atoms with Gasteiger partial charge in [0.2, 0.25) is 0 Å². The van der Waals surface area contributed by atoms with Crippen molar-refractivity contribution in [2.75, 3.05) is 33.2 Å². The van der Waals surface area contributed by atoms with Gasteiger partial charge in [-0.05, 0) is 7.05 Å². The Morgan fingerprint density at radius 2 is 1.70 bits per heavy atom. The summed E-state index contributed by atoms with van der Waals surface area (Å²) in [6.07, 6.45) is 1.53. The minimum Gasteiger partial charge on any atom is -0.336 e. The molecule has 1 fully saturated rings. The molecule has 0 radical (unpaired) electrons. The third-order valence-electron chi connectivity index (χ3n) is 5.17. The number of rotatable bonds is 4. The number of aromatic nitrogens is 2. The van der Waals surface area contributed by atoms with E-state index in [-0.39, 0.29) is 11.6 Å².